The molecule has 1 aromatic heterocycles. The molecule has 0 saturated carbocycles. The average Bonchev–Trinajstić information content (AvgIpc) is 2.72. The van der Waals surface area contributed by atoms with E-state index < -0.39 is 21.6 Å². The number of aromatic nitrogens is 1. The van der Waals surface area contributed by atoms with E-state index in [0.717, 1.165) is 0 Å². The number of esters is 1. The van der Waals surface area contributed by atoms with Gasteiger partial charge >= 0.3 is 5.97 Å². The average molecular weight is 476 g/mol. The number of guanidine groups is 1. The highest BCUT2D eigenvalue weighted by molar-refractivity contribution is 7.92. The zero-order chi connectivity index (χ0) is 23.5. The highest BCUT2D eigenvalue weighted by Gasteiger charge is 2.20. The fourth-order valence-electron chi connectivity index (χ4n) is 2.84. The molecule has 3 rings (SSSR count). The predicted molar refractivity (Wildman–Crippen MR) is 125 cm³/mol. The fraction of sp³-hybridized carbons (Fsp3) is 0.190. The van der Waals surface area contributed by atoms with Crippen molar-refractivity contribution in [3.63, 3.8) is 0 Å². The van der Waals surface area contributed by atoms with E-state index >= 15 is 0 Å². The third kappa shape index (κ3) is 5.65. The molecule has 0 bridgehead atoms. The van der Waals surface area contributed by atoms with Crippen LogP contribution in [0.15, 0.2) is 64.3 Å². The second kappa shape index (κ2) is 9.01. The standard InChI is InChI=1S/C21H22ClN5O4S/c1-21(2,3)31-19(28)13-5-4-6-15(9-13)27-32(29,30)16-7-8-17-14(10-16)11-24-12-18(17)25-20(23)26-22/h4-12,27H,1-3H3,(H3,23,25,26). The normalized spacial score (nSPS) is 12.4. The van der Waals surface area contributed by atoms with Gasteiger partial charge in [-0.2, -0.15) is 0 Å². The van der Waals surface area contributed by atoms with Crippen LogP contribution in [0.4, 0.5) is 11.4 Å². The molecule has 0 saturated heterocycles. The highest BCUT2D eigenvalue weighted by atomic mass is 35.5. The first-order valence-corrected chi connectivity index (χ1v) is 11.3. The first-order valence-electron chi connectivity index (χ1n) is 9.44. The number of ether oxygens (including phenoxy) is 1. The van der Waals surface area contributed by atoms with Crippen molar-refractivity contribution in [3.05, 3.63) is 60.4 Å². The molecule has 3 aromatic rings. The lowest BCUT2D eigenvalue weighted by atomic mass is 10.1. The van der Waals surface area contributed by atoms with Crippen LogP contribution < -0.4 is 15.8 Å². The van der Waals surface area contributed by atoms with E-state index in [-0.39, 0.29) is 22.1 Å². The van der Waals surface area contributed by atoms with Crippen molar-refractivity contribution in [1.29, 1.82) is 0 Å². The molecule has 0 atom stereocenters. The maximum Gasteiger partial charge on any atom is 0.338 e. The Morgan fingerprint density at radius 3 is 2.59 bits per heavy atom. The summed E-state index contributed by atoms with van der Waals surface area (Å²) in [7, 11) is -3.94. The lowest BCUT2D eigenvalue weighted by Crippen LogP contribution is -2.24. The highest BCUT2D eigenvalue weighted by Crippen LogP contribution is 2.26. The monoisotopic (exact) mass is 475 g/mol. The summed E-state index contributed by atoms with van der Waals surface area (Å²) in [5, 5.41) is 4.02. The van der Waals surface area contributed by atoms with E-state index in [4.69, 9.17) is 22.2 Å². The maximum absolute atomic E-state index is 12.9. The van der Waals surface area contributed by atoms with Gasteiger partial charge in [-0.05, 0) is 51.1 Å². The maximum atomic E-state index is 12.9. The third-order valence-electron chi connectivity index (χ3n) is 4.14. The van der Waals surface area contributed by atoms with Crippen LogP contribution >= 0.6 is 11.8 Å². The number of carbonyl (C=O) groups is 1. The van der Waals surface area contributed by atoms with E-state index in [2.05, 4.69) is 19.5 Å². The molecular formula is C21H22ClN5O4S. The number of hydrogen-bond donors (Lipinski definition) is 3. The Hall–Kier alpha value is -3.37. The van der Waals surface area contributed by atoms with E-state index in [9.17, 15) is 13.2 Å². The number of nitrogens with two attached hydrogens (primary N) is 1. The molecule has 0 fully saturated rings. The number of carbonyl (C=O) groups excluding carboxylic acids is 1. The molecule has 11 heteroatoms. The first-order chi connectivity index (χ1) is 15.0. The number of anilines is 2. The van der Waals surface area contributed by atoms with E-state index in [1.807, 2.05) is 0 Å². The van der Waals surface area contributed by atoms with Crippen LogP contribution in [0, 0.1) is 0 Å². The molecule has 0 radical (unpaired) electrons. The minimum Gasteiger partial charge on any atom is -0.456 e. The van der Waals surface area contributed by atoms with Crippen LogP contribution in [0.3, 0.4) is 0 Å². The third-order valence-corrected chi connectivity index (χ3v) is 5.70. The number of sulfonamides is 1. The van der Waals surface area contributed by atoms with Gasteiger partial charge in [0.15, 0.2) is 0 Å². The smallest absolute Gasteiger partial charge is 0.338 e. The Morgan fingerprint density at radius 1 is 1.16 bits per heavy atom. The number of rotatable bonds is 5. The van der Waals surface area contributed by atoms with Crippen LogP contribution in [0.1, 0.15) is 31.1 Å². The summed E-state index contributed by atoms with van der Waals surface area (Å²) in [5.74, 6) is -0.570. The molecule has 0 aliphatic rings. The van der Waals surface area contributed by atoms with E-state index in [1.54, 1.807) is 45.0 Å². The summed E-state index contributed by atoms with van der Waals surface area (Å²) in [6, 6.07) is 10.6. The quantitative estimate of drug-likeness (QED) is 0.289. The number of halogens is 1. The summed E-state index contributed by atoms with van der Waals surface area (Å²) in [5.41, 5.74) is 5.90. The van der Waals surface area contributed by atoms with E-state index in [0.29, 0.717) is 16.5 Å². The topological polar surface area (TPSA) is 136 Å². The predicted octanol–water partition coefficient (Wildman–Crippen LogP) is 3.87. The zero-order valence-electron chi connectivity index (χ0n) is 17.6. The van der Waals surface area contributed by atoms with Crippen molar-refractivity contribution in [1.82, 2.24) is 4.98 Å². The van der Waals surface area contributed by atoms with Crippen molar-refractivity contribution in [2.45, 2.75) is 31.3 Å². The summed E-state index contributed by atoms with van der Waals surface area (Å²) >= 11 is 5.34. The molecular weight excluding hydrogens is 454 g/mol. The van der Waals surface area contributed by atoms with E-state index in [1.165, 1.54) is 30.6 Å². The van der Waals surface area contributed by atoms with Crippen molar-refractivity contribution in [3.8, 4) is 0 Å². The SMILES string of the molecule is CC(C)(C)OC(=O)c1cccc(NS(=O)(=O)c2ccc3c(NC(N)=NCl)cncc3c2)c1. The molecule has 168 valence electrons. The molecule has 32 heavy (non-hydrogen) atoms. The summed E-state index contributed by atoms with van der Waals surface area (Å²) in [6.45, 7) is 5.26. The first kappa shape index (κ1) is 23.3. The van der Waals surface area contributed by atoms with Crippen LogP contribution in [0.5, 0.6) is 0 Å². The Morgan fingerprint density at radius 2 is 1.91 bits per heavy atom. The second-order valence-corrected chi connectivity index (χ2v) is 9.70. The second-order valence-electron chi connectivity index (χ2n) is 7.85. The molecule has 0 aliphatic carbocycles. The summed E-state index contributed by atoms with van der Waals surface area (Å²) in [4.78, 5) is 16.4. The van der Waals surface area contributed by atoms with Crippen molar-refractivity contribution in [2.24, 2.45) is 10.2 Å². The van der Waals surface area contributed by atoms with Gasteiger partial charge in [0.2, 0.25) is 5.96 Å². The van der Waals surface area contributed by atoms with Crippen molar-refractivity contribution < 1.29 is 17.9 Å². The lowest BCUT2D eigenvalue weighted by Gasteiger charge is -2.19. The molecule has 1 heterocycles. The number of benzene rings is 2. The lowest BCUT2D eigenvalue weighted by molar-refractivity contribution is 0.00695. The Balaban J connectivity index is 1.89. The molecule has 9 nitrogen and oxygen atoms in total. The Kier molecular flexibility index (Phi) is 6.56. The summed E-state index contributed by atoms with van der Waals surface area (Å²) < 4.78 is 37.0. The number of nitrogens with one attached hydrogen (secondary N) is 2. The van der Waals surface area contributed by atoms with Gasteiger partial charge in [0, 0.05) is 34.4 Å². The Bertz CT molecular complexity index is 1300. The van der Waals surface area contributed by atoms with Gasteiger partial charge in [-0.25, -0.2) is 13.2 Å². The van der Waals surface area contributed by atoms with Gasteiger partial charge in [-0.15, -0.1) is 4.51 Å². The van der Waals surface area contributed by atoms with Gasteiger partial charge in [-0.3, -0.25) is 9.71 Å². The van der Waals surface area contributed by atoms with Gasteiger partial charge in [0.1, 0.15) is 5.60 Å². The van der Waals surface area contributed by atoms with Crippen LogP contribution in [-0.4, -0.2) is 30.9 Å². The van der Waals surface area contributed by atoms with Crippen molar-refractivity contribution in [2.75, 3.05) is 10.0 Å². The van der Waals surface area contributed by atoms with Crippen molar-refractivity contribution >= 4 is 55.9 Å². The summed E-state index contributed by atoms with van der Waals surface area (Å²) in [6.07, 6.45) is 3.04. The minimum absolute atomic E-state index is 0.0191. The molecule has 0 unspecified atom stereocenters. The molecule has 2 aromatic carbocycles. The van der Waals surface area contributed by atoms with Gasteiger partial charge in [-0.1, -0.05) is 12.1 Å². The van der Waals surface area contributed by atoms with Crippen LogP contribution in [-0.2, 0) is 14.8 Å². The number of fused-ring (bicyclic) bond motifs is 1. The minimum atomic E-state index is -3.94. The molecule has 4 N–H and O–H groups in total. The van der Waals surface area contributed by atoms with Crippen LogP contribution in [0.2, 0.25) is 0 Å². The Labute approximate surface area is 190 Å². The largest absolute Gasteiger partial charge is 0.456 e. The van der Waals surface area contributed by atoms with Gasteiger partial charge < -0.3 is 15.8 Å². The van der Waals surface area contributed by atoms with Gasteiger partial charge in [0.05, 0.1) is 22.3 Å². The van der Waals surface area contributed by atoms with Crippen LogP contribution in [0.25, 0.3) is 10.8 Å². The fourth-order valence-corrected chi connectivity index (χ4v) is 3.97. The zero-order valence-corrected chi connectivity index (χ0v) is 19.2. The number of nitrogens with zero attached hydrogens (tertiary/aromatic N) is 2. The molecule has 0 spiro atoms. The molecule has 0 amide bonds. The number of pyridine rings is 1. The molecule has 0 aliphatic heterocycles. The number of hydrogen-bond acceptors (Lipinski definition) is 6. The van der Waals surface area contributed by atoms with Gasteiger partial charge in [0.25, 0.3) is 10.0 Å².